The fourth-order valence-corrected chi connectivity index (χ4v) is 8.21. The summed E-state index contributed by atoms with van der Waals surface area (Å²) in [5.41, 5.74) is -0.290. The molecule has 6 nitrogen and oxygen atoms in total. The van der Waals surface area contributed by atoms with E-state index in [-0.39, 0.29) is 17.0 Å². The van der Waals surface area contributed by atoms with E-state index >= 15 is 0 Å². The van der Waals surface area contributed by atoms with Crippen molar-refractivity contribution in [2.45, 2.75) is 33.1 Å². The van der Waals surface area contributed by atoms with Crippen LogP contribution in [0.3, 0.4) is 0 Å². The van der Waals surface area contributed by atoms with Gasteiger partial charge in [-0.3, -0.25) is 9.78 Å². The van der Waals surface area contributed by atoms with Crippen molar-refractivity contribution in [1.29, 1.82) is 0 Å². The number of Topliss-reactive ketones (excluding diaryl/α,β-unsaturated/α-hetero) is 1. The van der Waals surface area contributed by atoms with E-state index in [1.165, 1.54) is 16.7 Å². The first kappa shape index (κ1) is 20.4. The molecule has 2 aliphatic carbocycles. The largest absolute Gasteiger partial charge is 0.366 e. The zero-order valence-corrected chi connectivity index (χ0v) is 18.4. The fourth-order valence-electron chi connectivity index (χ4n) is 5.41. The smallest absolute Gasteiger partial charge is 0.215 e. The average Bonchev–Trinajstić information content (AvgIpc) is 2.96. The number of piperazine rings is 1. The molecule has 1 aromatic rings. The molecule has 2 heterocycles. The van der Waals surface area contributed by atoms with E-state index < -0.39 is 15.4 Å². The minimum atomic E-state index is -3.53. The maximum absolute atomic E-state index is 13.2. The molecular weight excluding hydrogens is 421 g/mol. The Kier molecular flexibility index (Phi) is 4.97. The molecule has 0 radical (unpaired) electrons. The third kappa shape index (κ3) is 2.97. The number of carbonyl (C=O) groups excluding carboxylic acids is 1. The molecule has 1 unspecified atom stereocenters. The molecule has 0 spiro atoms. The van der Waals surface area contributed by atoms with Gasteiger partial charge in [0.2, 0.25) is 10.0 Å². The molecule has 2 saturated carbocycles. The van der Waals surface area contributed by atoms with Crippen molar-refractivity contribution in [3.63, 3.8) is 0 Å². The van der Waals surface area contributed by atoms with Crippen LogP contribution in [0.1, 0.15) is 33.1 Å². The summed E-state index contributed by atoms with van der Waals surface area (Å²) in [5.74, 6) is 0.369. The van der Waals surface area contributed by atoms with Gasteiger partial charge in [0, 0.05) is 50.4 Å². The van der Waals surface area contributed by atoms with E-state index in [9.17, 15) is 13.2 Å². The van der Waals surface area contributed by atoms with Gasteiger partial charge in [0.05, 0.1) is 21.5 Å². The average molecular weight is 446 g/mol. The predicted molar refractivity (Wildman–Crippen MR) is 110 cm³/mol. The van der Waals surface area contributed by atoms with Gasteiger partial charge in [-0.2, -0.15) is 4.31 Å². The molecule has 1 aromatic heterocycles. The molecule has 1 saturated heterocycles. The van der Waals surface area contributed by atoms with Gasteiger partial charge in [-0.15, -0.1) is 0 Å². The summed E-state index contributed by atoms with van der Waals surface area (Å²) in [6.45, 7) is 5.83. The monoisotopic (exact) mass is 445 g/mol. The van der Waals surface area contributed by atoms with Crippen LogP contribution in [-0.4, -0.2) is 55.4 Å². The number of ketones is 1. The van der Waals surface area contributed by atoms with Crippen LogP contribution in [0.15, 0.2) is 12.4 Å². The van der Waals surface area contributed by atoms with Crippen molar-refractivity contribution in [2.75, 3.05) is 36.8 Å². The fraction of sp³-hybridized carbons (Fsp3) is 0.684. The third-order valence-electron chi connectivity index (χ3n) is 7.34. The van der Waals surface area contributed by atoms with Crippen LogP contribution in [0.2, 0.25) is 10.0 Å². The molecule has 28 heavy (non-hydrogen) atoms. The van der Waals surface area contributed by atoms with Crippen LogP contribution in [-0.2, 0) is 14.8 Å². The van der Waals surface area contributed by atoms with Crippen molar-refractivity contribution in [3.05, 3.63) is 22.4 Å². The van der Waals surface area contributed by atoms with Crippen LogP contribution in [0, 0.1) is 16.7 Å². The number of hydrogen-bond donors (Lipinski definition) is 0. The molecule has 0 amide bonds. The molecular formula is C19H25Cl2N3O3S. The van der Waals surface area contributed by atoms with Crippen LogP contribution in [0.25, 0.3) is 0 Å². The topological polar surface area (TPSA) is 70.6 Å². The standard InChI is InChI=1S/C19H25Cl2N3O3S/c1-18(2)13-3-4-19(18,16(25)9-13)12-28(26,27)24-7-5-23(6-8-24)17-14(20)10-22-11-15(17)21/h10-11,13H,3-9,12H2,1-2H3/t13-,19?/m0/s1. The number of aromatic nitrogens is 1. The Balaban J connectivity index is 1.50. The Labute approximate surface area is 176 Å². The Hall–Kier alpha value is -0.890. The summed E-state index contributed by atoms with van der Waals surface area (Å²) in [4.78, 5) is 18.7. The Morgan fingerprint density at radius 2 is 1.75 bits per heavy atom. The molecule has 0 N–H and O–H groups in total. The molecule has 3 fully saturated rings. The first-order chi connectivity index (χ1) is 13.1. The highest BCUT2D eigenvalue weighted by Gasteiger charge is 2.65. The zero-order chi connectivity index (χ0) is 20.3. The SMILES string of the molecule is CC1(C)[C@H]2CCC1(CS(=O)(=O)N1CCN(c3c(Cl)cncc3Cl)CC1)C(=O)C2. The summed E-state index contributed by atoms with van der Waals surface area (Å²) < 4.78 is 28.0. The zero-order valence-electron chi connectivity index (χ0n) is 16.1. The minimum absolute atomic E-state index is 0.0703. The van der Waals surface area contributed by atoms with Gasteiger partial charge in [-0.25, -0.2) is 8.42 Å². The van der Waals surface area contributed by atoms with Gasteiger partial charge in [-0.05, 0) is 24.2 Å². The predicted octanol–water partition coefficient (Wildman–Crippen LogP) is 3.24. The normalized spacial score (nSPS) is 30.2. The number of rotatable bonds is 4. The third-order valence-corrected chi connectivity index (χ3v) is 9.91. The lowest BCUT2D eigenvalue weighted by molar-refractivity contribution is -0.128. The van der Waals surface area contributed by atoms with Gasteiger partial charge in [0.25, 0.3) is 0 Å². The number of carbonyl (C=O) groups is 1. The molecule has 1 aliphatic heterocycles. The van der Waals surface area contributed by atoms with Gasteiger partial charge in [0.15, 0.2) is 0 Å². The number of nitrogens with zero attached hydrogens (tertiary/aromatic N) is 3. The van der Waals surface area contributed by atoms with Crippen molar-refractivity contribution in [1.82, 2.24) is 9.29 Å². The minimum Gasteiger partial charge on any atom is -0.366 e. The quantitative estimate of drug-likeness (QED) is 0.710. The first-order valence-electron chi connectivity index (χ1n) is 9.63. The van der Waals surface area contributed by atoms with Gasteiger partial charge >= 0.3 is 0 Å². The maximum atomic E-state index is 13.2. The van der Waals surface area contributed by atoms with Crippen LogP contribution in [0.4, 0.5) is 5.69 Å². The van der Waals surface area contributed by atoms with Crippen molar-refractivity contribution >= 4 is 44.7 Å². The molecule has 154 valence electrons. The number of halogens is 2. The molecule has 2 bridgehead atoms. The van der Waals surface area contributed by atoms with Crippen LogP contribution < -0.4 is 4.90 Å². The van der Waals surface area contributed by atoms with Crippen molar-refractivity contribution in [2.24, 2.45) is 16.7 Å². The van der Waals surface area contributed by atoms with Gasteiger partial charge < -0.3 is 4.90 Å². The first-order valence-corrected chi connectivity index (χ1v) is 12.0. The Morgan fingerprint density at radius 3 is 2.25 bits per heavy atom. The summed E-state index contributed by atoms with van der Waals surface area (Å²) in [6.07, 6.45) is 5.23. The molecule has 9 heteroatoms. The number of anilines is 1. The van der Waals surface area contributed by atoms with Crippen LogP contribution >= 0.6 is 23.2 Å². The van der Waals surface area contributed by atoms with E-state index in [1.54, 1.807) is 0 Å². The Morgan fingerprint density at radius 1 is 1.14 bits per heavy atom. The lowest BCUT2D eigenvalue weighted by atomic mass is 9.70. The van der Waals surface area contributed by atoms with E-state index in [2.05, 4.69) is 18.8 Å². The summed E-state index contributed by atoms with van der Waals surface area (Å²) in [6, 6.07) is 0. The van der Waals surface area contributed by atoms with E-state index in [4.69, 9.17) is 23.2 Å². The van der Waals surface area contributed by atoms with E-state index in [1.807, 2.05) is 4.90 Å². The highest BCUT2D eigenvalue weighted by Crippen LogP contribution is 2.64. The van der Waals surface area contributed by atoms with Crippen molar-refractivity contribution in [3.8, 4) is 0 Å². The second-order valence-corrected chi connectivity index (χ2v) is 11.5. The summed E-state index contributed by atoms with van der Waals surface area (Å²) in [7, 11) is -3.53. The molecule has 3 aliphatic rings. The van der Waals surface area contributed by atoms with Crippen LogP contribution in [0.5, 0.6) is 0 Å². The molecule has 4 rings (SSSR count). The number of fused-ring (bicyclic) bond motifs is 2. The van der Waals surface area contributed by atoms with E-state index in [0.29, 0.717) is 60.7 Å². The highest BCUT2D eigenvalue weighted by atomic mass is 35.5. The maximum Gasteiger partial charge on any atom is 0.215 e. The lowest BCUT2D eigenvalue weighted by Crippen LogP contribution is -2.52. The number of sulfonamides is 1. The number of hydrogen-bond acceptors (Lipinski definition) is 5. The summed E-state index contributed by atoms with van der Waals surface area (Å²) in [5, 5.41) is 0.913. The molecule has 2 atom stereocenters. The number of pyridine rings is 1. The lowest BCUT2D eigenvalue weighted by Gasteiger charge is -2.40. The second kappa shape index (κ2) is 6.83. The second-order valence-electron chi connectivity index (χ2n) is 8.76. The summed E-state index contributed by atoms with van der Waals surface area (Å²) >= 11 is 12.5. The van der Waals surface area contributed by atoms with Gasteiger partial charge in [0.1, 0.15) is 5.78 Å². The van der Waals surface area contributed by atoms with Crippen molar-refractivity contribution < 1.29 is 13.2 Å². The van der Waals surface area contributed by atoms with Gasteiger partial charge in [-0.1, -0.05) is 37.0 Å². The highest BCUT2D eigenvalue weighted by molar-refractivity contribution is 7.89. The molecule has 0 aromatic carbocycles. The Bertz CT molecular complexity index is 893. The van der Waals surface area contributed by atoms with E-state index in [0.717, 1.165) is 6.42 Å².